The Morgan fingerprint density at radius 3 is 2.38 bits per heavy atom. The van der Waals surface area contributed by atoms with Gasteiger partial charge in [-0.25, -0.2) is 4.98 Å². The second kappa shape index (κ2) is 8.31. The molecule has 0 fully saturated rings. The normalized spacial score (nSPS) is 10.1. The van der Waals surface area contributed by atoms with Crippen molar-refractivity contribution in [3.63, 3.8) is 0 Å². The van der Waals surface area contributed by atoms with Crippen LogP contribution in [0.2, 0.25) is 0 Å². The van der Waals surface area contributed by atoms with Crippen molar-refractivity contribution >= 4 is 17.4 Å². The molecule has 1 aromatic heterocycles. The molecular formula is C22H20N4O3. The molecule has 0 radical (unpaired) electrons. The zero-order valence-corrected chi connectivity index (χ0v) is 16.3. The van der Waals surface area contributed by atoms with Crippen molar-refractivity contribution in [3.8, 4) is 40.0 Å². The largest absolute Gasteiger partial charge is 0.497 e. The first kappa shape index (κ1) is 19.7. The van der Waals surface area contributed by atoms with Crippen molar-refractivity contribution in [2.45, 2.75) is 6.92 Å². The number of hydrogen-bond donors (Lipinski definition) is 2. The van der Waals surface area contributed by atoms with E-state index in [0.717, 1.165) is 5.56 Å². The number of nitrogens with one attached hydrogen (secondary N) is 1. The third-order valence-electron chi connectivity index (χ3n) is 4.36. The van der Waals surface area contributed by atoms with Crippen LogP contribution in [0.25, 0.3) is 22.4 Å². The van der Waals surface area contributed by atoms with Gasteiger partial charge >= 0.3 is 0 Å². The summed E-state index contributed by atoms with van der Waals surface area (Å²) in [4.78, 5) is 15.6. The van der Waals surface area contributed by atoms with E-state index in [1.807, 2.05) is 12.1 Å². The van der Waals surface area contributed by atoms with Gasteiger partial charge in [0.05, 0.1) is 19.9 Å². The average molecular weight is 388 g/mol. The molecule has 1 heterocycles. The highest BCUT2D eigenvalue weighted by molar-refractivity contribution is 5.89. The van der Waals surface area contributed by atoms with E-state index < -0.39 is 0 Å². The third-order valence-corrected chi connectivity index (χ3v) is 4.36. The fraction of sp³-hybridized carbons (Fsp3) is 0.136. The number of anilines is 2. The van der Waals surface area contributed by atoms with Crippen molar-refractivity contribution in [1.29, 1.82) is 5.26 Å². The summed E-state index contributed by atoms with van der Waals surface area (Å²) in [7, 11) is 3.15. The van der Waals surface area contributed by atoms with Crippen LogP contribution in [0.4, 0.5) is 11.5 Å². The maximum Gasteiger partial charge on any atom is 0.221 e. The standard InChI is InChI=1S/C22H20N4O3/c1-13(27)25-15-6-4-14(5-7-15)17-11-20(26-22(24)19(17)12-23)18-10-16(28-2)8-9-21(18)29-3/h4-11H,1-3H3,(H2,24,26)(H,25,27). The number of aromatic nitrogens is 1. The van der Waals surface area contributed by atoms with Gasteiger partial charge in [0.2, 0.25) is 5.91 Å². The number of carbonyl (C=O) groups excluding carboxylic acids is 1. The molecule has 3 rings (SSSR count). The van der Waals surface area contributed by atoms with E-state index in [0.29, 0.717) is 34.0 Å². The van der Waals surface area contributed by atoms with E-state index in [-0.39, 0.29) is 17.3 Å². The number of nitriles is 1. The van der Waals surface area contributed by atoms with Crippen LogP contribution >= 0.6 is 0 Å². The van der Waals surface area contributed by atoms with Crippen LogP contribution in [0, 0.1) is 11.3 Å². The molecule has 1 amide bonds. The van der Waals surface area contributed by atoms with E-state index >= 15 is 0 Å². The zero-order chi connectivity index (χ0) is 21.0. The Hall–Kier alpha value is -4.05. The quantitative estimate of drug-likeness (QED) is 0.687. The monoisotopic (exact) mass is 388 g/mol. The van der Waals surface area contributed by atoms with Gasteiger partial charge in [0.15, 0.2) is 0 Å². The summed E-state index contributed by atoms with van der Waals surface area (Å²) in [6.07, 6.45) is 0. The average Bonchev–Trinajstić information content (AvgIpc) is 2.72. The minimum Gasteiger partial charge on any atom is -0.497 e. The van der Waals surface area contributed by atoms with Crippen LogP contribution in [0.3, 0.4) is 0 Å². The summed E-state index contributed by atoms with van der Waals surface area (Å²) < 4.78 is 10.8. The lowest BCUT2D eigenvalue weighted by atomic mass is 9.98. The van der Waals surface area contributed by atoms with Crippen molar-refractivity contribution < 1.29 is 14.3 Å². The van der Waals surface area contributed by atoms with Crippen molar-refractivity contribution in [3.05, 3.63) is 54.1 Å². The van der Waals surface area contributed by atoms with Crippen LogP contribution in [0.5, 0.6) is 11.5 Å². The molecule has 3 aromatic rings. The molecule has 2 aromatic carbocycles. The van der Waals surface area contributed by atoms with Gasteiger partial charge in [-0.2, -0.15) is 5.26 Å². The Morgan fingerprint density at radius 1 is 1.07 bits per heavy atom. The molecule has 0 unspecified atom stereocenters. The molecule has 0 spiro atoms. The SMILES string of the molecule is COc1ccc(OC)c(-c2cc(-c3ccc(NC(C)=O)cc3)c(C#N)c(N)n2)c1. The summed E-state index contributed by atoms with van der Waals surface area (Å²) in [6, 6.07) is 16.4. The van der Waals surface area contributed by atoms with Crippen LogP contribution in [0.1, 0.15) is 12.5 Å². The van der Waals surface area contributed by atoms with Crippen molar-refractivity contribution in [1.82, 2.24) is 4.98 Å². The van der Waals surface area contributed by atoms with E-state index in [9.17, 15) is 10.1 Å². The molecular weight excluding hydrogens is 368 g/mol. The number of hydrogen-bond acceptors (Lipinski definition) is 6. The summed E-state index contributed by atoms with van der Waals surface area (Å²) in [5, 5.41) is 12.3. The molecule has 0 aliphatic carbocycles. The highest BCUT2D eigenvalue weighted by Gasteiger charge is 2.16. The second-order valence-electron chi connectivity index (χ2n) is 6.25. The molecule has 0 aliphatic rings. The fourth-order valence-electron chi connectivity index (χ4n) is 3.00. The van der Waals surface area contributed by atoms with Gasteiger partial charge in [-0.15, -0.1) is 0 Å². The number of benzene rings is 2. The van der Waals surface area contributed by atoms with Crippen molar-refractivity contribution in [2.24, 2.45) is 0 Å². The molecule has 0 atom stereocenters. The smallest absolute Gasteiger partial charge is 0.221 e. The molecule has 0 saturated heterocycles. The van der Waals surface area contributed by atoms with Crippen molar-refractivity contribution in [2.75, 3.05) is 25.3 Å². The van der Waals surface area contributed by atoms with Crippen LogP contribution in [-0.4, -0.2) is 25.1 Å². The van der Waals surface area contributed by atoms with E-state index in [2.05, 4.69) is 16.4 Å². The van der Waals surface area contributed by atoms with Crippen LogP contribution < -0.4 is 20.5 Å². The topological polar surface area (TPSA) is 110 Å². The first-order valence-corrected chi connectivity index (χ1v) is 8.78. The molecule has 0 aliphatic heterocycles. The summed E-state index contributed by atoms with van der Waals surface area (Å²) in [5.41, 5.74) is 9.70. The van der Waals surface area contributed by atoms with Gasteiger partial charge in [0, 0.05) is 23.7 Å². The number of amides is 1. The second-order valence-corrected chi connectivity index (χ2v) is 6.25. The van der Waals surface area contributed by atoms with Gasteiger partial charge < -0.3 is 20.5 Å². The number of nitrogen functional groups attached to an aromatic ring is 1. The molecule has 7 heteroatoms. The first-order valence-electron chi connectivity index (χ1n) is 8.78. The third kappa shape index (κ3) is 4.12. The van der Waals surface area contributed by atoms with Gasteiger partial charge in [-0.3, -0.25) is 4.79 Å². The van der Waals surface area contributed by atoms with Crippen LogP contribution in [0.15, 0.2) is 48.5 Å². The summed E-state index contributed by atoms with van der Waals surface area (Å²) in [6.45, 7) is 1.44. The van der Waals surface area contributed by atoms with E-state index in [1.165, 1.54) is 6.92 Å². The lowest BCUT2D eigenvalue weighted by molar-refractivity contribution is -0.114. The van der Waals surface area contributed by atoms with Crippen LogP contribution in [-0.2, 0) is 4.79 Å². The fourth-order valence-corrected chi connectivity index (χ4v) is 3.00. The Balaban J connectivity index is 2.16. The van der Waals surface area contributed by atoms with Gasteiger partial charge in [-0.1, -0.05) is 12.1 Å². The number of rotatable bonds is 5. The maximum absolute atomic E-state index is 11.2. The molecule has 0 bridgehead atoms. The molecule has 146 valence electrons. The first-order chi connectivity index (χ1) is 14.0. The van der Waals surface area contributed by atoms with E-state index in [4.69, 9.17) is 15.2 Å². The van der Waals surface area contributed by atoms with Gasteiger partial charge in [-0.05, 0) is 42.0 Å². The Kier molecular flexibility index (Phi) is 5.65. The minimum absolute atomic E-state index is 0.121. The Morgan fingerprint density at radius 2 is 1.79 bits per heavy atom. The number of methoxy groups -OCH3 is 2. The number of nitrogens with two attached hydrogens (primary N) is 1. The lowest BCUT2D eigenvalue weighted by Crippen LogP contribution is -2.05. The van der Waals surface area contributed by atoms with Gasteiger partial charge in [0.1, 0.15) is 28.9 Å². The number of nitrogens with zero attached hydrogens (tertiary/aromatic N) is 2. The minimum atomic E-state index is -0.156. The van der Waals surface area contributed by atoms with Gasteiger partial charge in [0.25, 0.3) is 0 Å². The summed E-state index contributed by atoms with van der Waals surface area (Å²) in [5.74, 6) is 1.22. The molecule has 29 heavy (non-hydrogen) atoms. The summed E-state index contributed by atoms with van der Waals surface area (Å²) >= 11 is 0. The number of ether oxygens (including phenoxy) is 2. The highest BCUT2D eigenvalue weighted by atomic mass is 16.5. The molecule has 0 saturated carbocycles. The lowest BCUT2D eigenvalue weighted by Gasteiger charge is -2.14. The Bertz CT molecular complexity index is 1100. The molecule has 7 nitrogen and oxygen atoms in total. The zero-order valence-electron chi connectivity index (χ0n) is 16.3. The molecule has 3 N–H and O–H groups in total. The van der Waals surface area contributed by atoms with E-state index in [1.54, 1.807) is 50.6 Å². The Labute approximate surface area is 168 Å². The number of carbonyl (C=O) groups is 1. The maximum atomic E-state index is 11.2. The number of pyridine rings is 1. The highest BCUT2D eigenvalue weighted by Crippen LogP contribution is 2.37. The predicted octanol–water partition coefficient (Wildman–Crippen LogP) is 3.85. The predicted molar refractivity (Wildman–Crippen MR) is 112 cm³/mol.